The van der Waals surface area contributed by atoms with Crippen LogP contribution in [0.1, 0.15) is 24.0 Å². The first-order valence-electron chi connectivity index (χ1n) is 9.10. The van der Waals surface area contributed by atoms with Gasteiger partial charge in [0, 0.05) is 13.1 Å². The van der Waals surface area contributed by atoms with Gasteiger partial charge in [0.1, 0.15) is 6.61 Å². The van der Waals surface area contributed by atoms with E-state index in [0.717, 1.165) is 23.1 Å². The zero-order valence-electron chi connectivity index (χ0n) is 14.7. The molecular formula is C21H23N3O2. The lowest BCUT2D eigenvalue weighted by Crippen LogP contribution is -2.27. The number of ether oxygens (including phenoxy) is 1. The number of imidazole rings is 1. The Bertz CT molecular complexity index is 882. The van der Waals surface area contributed by atoms with E-state index < -0.39 is 0 Å². The van der Waals surface area contributed by atoms with Crippen LogP contribution in [0.5, 0.6) is 0 Å². The summed E-state index contributed by atoms with van der Waals surface area (Å²) in [6, 6.07) is 16.4. The number of rotatable bonds is 8. The normalized spacial score (nSPS) is 13.8. The van der Waals surface area contributed by atoms with Crippen LogP contribution < -0.4 is 5.32 Å². The van der Waals surface area contributed by atoms with Crippen molar-refractivity contribution in [3.63, 3.8) is 0 Å². The number of nitrogens with one attached hydrogen (secondary N) is 1. The molecule has 1 saturated carbocycles. The first kappa shape index (κ1) is 16.8. The molecule has 0 spiro atoms. The Morgan fingerprint density at radius 2 is 1.88 bits per heavy atom. The second-order valence-electron chi connectivity index (χ2n) is 6.91. The molecule has 2 aromatic carbocycles. The highest BCUT2D eigenvalue weighted by Crippen LogP contribution is 2.28. The van der Waals surface area contributed by atoms with Crippen LogP contribution in [0.15, 0.2) is 54.9 Å². The molecule has 1 amide bonds. The lowest BCUT2D eigenvalue weighted by Gasteiger charge is -2.08. The molecule has 1 aliphatic carbocycles. The molecule has 3 aromatic rings. The van der Waals surface area contributed by atoms with E-state index in [9.17, 15) is 4.79 Å². The Labute approximate surface area is 153 Å². The van der Waals surface area contributed by atoms with Crippen molar-refractivity contribution in [2.24, 2.45) is 5.92 Å². The van der Waals surface area contributed by atoms with E-state index >= 15 is 0 Å². The second-order valence-corrected chi connectivity index (χ2v) is 6.91. The summed E-state index contributed by atoms with van der Waals surface area (Å²) in [5, 5.41) is 2.90. The summed E-state index contributed by atoms with van der Waals surface area (Å²) in [7, 11) is 0. The van der Waals surface area contributed by atoms with Crippen LogP contribution in [-0.2, 0) is 22.6 Å². The lowest BCUT2D eigenvalue weighted by atomic mass is 10.1. The molecule has 1 aliphatic rings. The first-order valence-corrected chi connectivity index (χ1v) is 9.10. The molecular weight excluding hydrogens is 326 g/mol. The number of carbonyl (C=O) groups is 1. The molecule has 134 valence electrons. The number of amides is 1. The van der Waals surface area contributed by atoms with Crippen molar-refractivity contribution in [2.75, 3.05) is 13.2 Å². The van der Waals surface area contributed by atoms with E-state index in [1.807, 2.05) is 24.5 Å². The van der Waals surface area contributed by atoms with Crippen molar-refractivity contribution in [2.45, 2.75) is 25.9 Å². The van der Waals surface area contributed by atoms with E-state index in [1.54, 1.807) is 0 Å². The van der Waals surface area contributed by atoms with Gasteiger partial charge in [0.25, 0.3) is 0 Å². The molecule has 5 heteroatoms. The monoisotopic (exact) mass is 349 g/mol. The number of aromatic nitrogens is 2. The van der Waals surface area contributed by atoms with Crippen LogP contribution in [0.25, 0.3) is 11.0 Å². The van der Waals surface area contributed by atoms with Gasteiger partial charge < -0.3 is 14.6 Å². The third kappa shape index (κ3) is 4.29. The minimum absolute atomic E-state index is 0.0559. The molecule has 1 fully saturated rings. The van der Waals surface area contributed by atoms with E-state index in [1.165, 1.54) is 18.4 Å². The van der Waals surface area contributed by atoms with Crippen LogP contribution >= 0.6 is 0 Å². The number of para-hydroxylation sites is 2. The summed E-state index contributed by atoms with van der Waals surface area (Å²) in [5.41, 5.74) is 4.43. The van der Waals surface area contributed by atoms with E-state index in [0.29, 0.717) is 19.1 Å². The highest BCUT2D eigenvalue weighted by atomic mass is 16.5. The summed E-state index contributed by atoms with van der Waals surface area (Å²) in [6.45, 7) is 2.18. The van der Waals surface area contributed by atoms with Gasteiger partial charge in [-0.1, -0.05) is 36.4 Å². The summed E-state index contributed by atoms with van der Waals surface area (Å²) >= 11 is 0. The smallest absolute Gasteiger partial charge is 0.246 e. The first-order chi connectivity index (χ1) is 12.8. The average molecular weight is 349 g/mol. The Morgan fingerprint density at radius 1 is 1.12 bits per heavy atom. The fourth-order valence-corrected chi connectivity index (χ4v) is 2.95. The molecule has 0 atom stereocenters. The molecule has 26 heavy (non-hydrogen) atoms. The van der Waals surface area contributed by atoms with Crippen LogP contribution in [0.4, 0.5) is 0 Å². The van der Waals surface area contributed by atoms with Crippen LogP contribution in [-0.4, -0.2) is 28.7 Å². The fourth-order valence-electron chi connectivity index (χ4n) is 2.95. The minimum Gasteiger partial charge on any atom is -0.371 e. The zero-order chi connectivity index (χ0) is 17.8. The maximum atomic E-state index is 11.8. The third-order valence-electron chi connectivity index (χ3n) is 4.68. The van der Waals surface area contributed by atoms with Gasteiger partial charge in [0.2, 0.25) is 5.91 Å². The number of nitrogens with zero attached hydrogens (tertiary/aromatic N) is 2. The maximum Gasteiger partial charge on any atom is 0.246 e. The lowest BCUT2D eigenvalue weighted by molar-refractivity contribution is -0.126. The number of hydrogen-bond acceptors (Lipinski definition) is 3. The molecule has 0 unspecified atom stereocenters. The van der Waals surface area contributed by atoms with E-state index in [-0.39, 0.29) is 12.5 Å². The SMILES string of the molecule is O=C(COCC1CC1)NCc1ccc(Cn2cnc3ccccc32)cc1. The number of benzene rings is 2. The summed E-state index contributed by atoms with van der Waals surface area (Å²) in [4.78, 5) is 16.2. The van der Waals surface area contributed by atoms with Crippen molar-refractivity contribution in [1.29, 1.82) is 0 Å². The predicted octanol–water partition coefficient (Wildman–Crippen LogP) is 3.13. The van der Waals surface area contributed by atoms with Crippen molar-refractivity contribution >= 4 is 16.9 Å². The second kappa shape index (κ2) is 7.70. The largest absolute Gasteiger partial charge is 0.371 e. The molecule has 1 N–H and O–H groups in total. The molecule has 0 saturated heterocycles. The molecule has 0 bridgehead atoms. The van der Waals surface area contributed by atoms with Gasteiger partial charge in [-0.15, -0.1) is 0 Å². The summed E-state index contributed by atoms with van der Waals surface area (Å²) in [5.74, 6) is 0.627. The van der Waals surface area contributed by atoms with Crippen molar-refractivity contribution in [3.8, 4) is 0 Å². The van der Waals surface area contributed by atoms with Gasteiger partial charge in [0.05, 0.1) is 24.0 Å². The Hall–Kier alpha value is -2.66. The van der Waals surface area contributed by atoms with Crippen molar-refractivity contribution in [1.82, 2.24) is 14.9 Å². The molecule has 1 heterocycles. The standard InChI is InChI=1S/C21H23N3O2/c25-21(14-26-13-18-9-10-18)22-11-16-5-7-17(8-6-16)12-24-15-23-19-3-1-2-4-20(19)24/h1-8,15,18H,9-14H2,(H,22,25). The van der Waals surface area contributed by atoms with Crippen LogP contribution in [0.2, 0.25) is 0 Å². The maximum absolute atomic E-state index is 11.8. The highest BCUT2D eigenvalue weighted by Gasteiger charge is 2.21. The van der Waals surface area contributed by atoms with Crippen molar-refractivity contribution in [3.05, 3.63) is 66.0 Å². The highest BCUT2D eigenvalue weighted by molar-refractivity contribution is 5.77. The van der Waals surface area contributed by atoms with Crippen LogP contribution in [0.3, 0.4) is 0 Å². The Balaban J connectivity index is 1.28. The molecule has 5 nitrogen and oxygen atoms in total. The molecule has 0 radical (unpaired) electrons. The van der Waals surface area contributed by atoms with Gasteiger partial charge in [-0.2, -0.15) is 0 Å². The van der Waals surface area contributed by atoms with Gasteiger partial charge in [-0.05, 0) is 42.0 Å². The van der Waals surface area contributed by atoms with E-state index in [4.69, 9.17) is 4.74 Å². The third-order valence-corrected chi connectivity index (χ3v) is 4.68. The van der Waals surface area contributed by atoms with Gasteiger partial charge in [-0.25, -0.2) is 4.98 Å². The molecule has 4 rings (SSSR count). The molecule has 1 aromatic heterocycles. The average Bonchev–Trinajstić information content (AvgIpc) is 3.41. The minimum atomic E-state index is -0.0559. The predicted molar refractivity (Wildman–Crippen MR) is 101 cm³/mol. The van der Waals surface area contributed by atoms with Crippen molar-refractivity contribution < 1.29 is 9.53 Å². The number of carbonyl (C=O) groups excluding carboxylic acids is 1. The summed E-state index contributed by atoms with van der Waals surface area (Å²) in [6.07, 6.45) is 4.35. The van der Waals surface area contributed by atoms with Gasteiger partial charge in [-0.3, -0.25) is 4.79 Å². The Morgan fingerprint density at radius 3 is 2.69 bits per heavy atom. The Kier molecular flexibility index (Phi) is 4.97. The van der Waals surface area contributed by atoms with E-state index in [2.05, 4.69) is 45.2 Å². The van der Waals surface area contributed by atoms with Crippen LogP contribution in [0, 0.1) is 5.92 Å². The number of fused-ring (bicyclic) bond motifs is 1. The molecule has 0 aliphatic heterocycles. The van der Waals surface area contributed by atoms with Gasteiger partial charge >= 0.3 is 0 Å². The quantitative estimate of drug-likeness (QED) is 0.680. The fraction of sp³-hybridized carbons (Fsp3) is 0.333. The van der Waals surface area contributed by atoms with Gasteiger partial charge in [0.15, 0.2) is 0 Å². The zero-order valence-corrected chi connectivity index (χ0v) is 14.7. The summed E-state index contributed by atoms with van der Waals surface area (Å²) < 4.78 is 7.54. The number of hydrogen-bond donors (Lipinski definition) is 1. The topological polar surface area (TPSA) is 56.1 Å².